The average molecular weight is 288 g/mol. The van der Waals surface area contributed by atoms with Gasteiger partial charge in [-0.1, -0.05) is 23.7 Å². The second kappa shape index (κ2) is 5.12. The molecule has 3 rings (SSSR count). The molecule has 2 aromatic carbocycles. The van der Waals surface area contributed by atoms with Crippen molar-refractivity contribution in [1.29, 1.82) is 0 Å². The lowest BCUT2D eigenvalue weighted by Gasteiger charge is -2.34. The minimum absolute atomic E-state index is 0.306. The smallest absolute Gasteiger partial charge is 0.115 e. The van der Waals surface area contributed by atoms with E-state index in [0.717, 1.165) is 18.1 Å². The standard InChI is InChI=1S/C17H18ClNO/c1-11-7-13(18)8-15-16(11)9-19(2)10-17(15)12-3-5-14(20)6-4-12/h3-8,17,20H,9-10H2,1-2H3. The van der Waals surface area contributed by atoms with Gasteiger partial charge in [0, 0.05) is 24.0 Å². The number of nitrogens with zero attached hydrogens (tertiary/aromatic N) is 1. The lowest BCUT2D eigenvalue weighted by Crippen LogP contribution is -2.31. The lowest BCUT2D eigenvalue weighted by atomic mass is 9.83. The van der Waals surface area contributed by atoms with Crippen molar-refractivity contribution in [2.75, 3.05) is 13.6 Å². The quantitative estimate of drug-likeness (QED) is 0.859. The van der Waals surface area contributed by atoms with Crippen LogP contribution in [0.15, 0.2) is 36.4 Å². The maximum atomic E-state index is 9.46. The molecule has 0 saturated carbocycles. The van der Waals surface area contributed by atoms with Crippen LogP contribution < -0.4 is 0 Å². The van der Waals surface area contributed by atoms with Crippen LogP contribution in [0, 0.1) is 6.92 Å². The number of halogens is 1. The summed E-state index contributed by atoms with van der Waals surface area (Å²) in [6.45, 7) is 4.06. The lowest BCUT2D eigenvalue weighted by molar-refractivity contribution is 0.294. The van der Waals surface area contributed by atoms with E-state index in [2.05, 4.69) is 24.9 Å². The molecule has 0 radical (unpaired) electrons. The minimum Gasteiger partial charge on any atom is -0.508 e. The van der Waals surface area contributed by atoms with E-state index < -0.39 is 0 Å². The SMILES string of the molecule is Cc1cc(Cl)cc2c1CN(C)CC2c1ccc(O)cc1. The Balaban J connectivity index is 2.12. The molecule has 1 heterocycles. The Kier molecular flexibility index (Phi) is 3.45. The number of phenols is 1. The van der Waals surface area contributed by atoms with Gasteiger partial charge < -0.3 is 10.0 Å². The van der Waals surface area contributed by atoms with E-state index in [9.17, 15) is 5.11 Å². The van der Waals surface area contributed by atoms with Gasteiger partial charge in [-0.2, -0.15) is 0 Å². The number of hydrogen-bond donors (Lipinski definition) is 1. The summed E-state index contributed by atoms with van der Waals surface area (Å²) in [6, 6.07) is 11.6. The van der Waals surface area contributed by atoms with E-state index in [1.807, 2.05) is 18.2 Å². The third-order valence-corrected chi connectivity index (χ3v) is 4.28. The minimum atomic E-state index is 0.306. The second-order valence-corrected chi connectivity index (χ2v) is 6.07. The fourth-order valence-electron chi connectivity index (χ4n) is 3.06. The van der Waals surface area contributed by atoms with Crippen LogP contribution in [-0.2, 0) is 6.54 Å². The molecule has 1 N–H and O–H groups in total. The first kappa shape index (κ1) is 13.5. The van der Waals surface area contributed by atoms with Crippen LogP contribution in [0.2, 0.25) is 5.02 Å². The van der Waals surface area contributed by atoms with Gasteiger partial charge in [-0.05, 0) is 60.5 Å². The molecule has 1 aliphatic rings. The Morgan fingerprint density at radius 1 is 1.20 bits per heavy atom. The van der Waals surface area contributed by atoms with Gasteiger partial charge in [-0.25, -0.2) is 0 Å². The van der Waals surface area contributed by atoms with Crippen LogP contribution in [0.1, 0.15) is 28.2 Å². The van der Waals surface area contributed by atoms with Crippen LogP contribution in [0.25, 0.3) is 0 Å². The van der Waals surface area contributed by atoms with Gasteiger partial charge in [0.1, 0.15) is 5.75 Å². The summed E-state index contributed by atoms with van der Waals surface area (Å²) in [5.41, 5.74) is 5.17. The van der Waals surface area contributed by atoms with Gasteiger partial charge >= 0.3 is 0 Å². The van der Waals surface area contributed by atoms with E-state index in [-0.39, 0.29) is 0 Å². The van der Waals surface area contributed by atoms with Crippen molar-refractivity contribution < 1.29 is 5.11 Å². The van der Waals surface area contributed by atoms with Crippen LogP contribution >= 0.6 is 11.6 Å². The predicted molar refractivity (Wildman–Crippen MR) is 82.5 cm³/mol. The highest BCUT2D eigenvalue weighted by Gasteiger charge is 2.26. The van der Waals surface area contributed by atoms with Crippen molar-refractivity contribution in [3.63, 3.8) is 0 Å². The second-order valence-electron chi connectivity index (χ2n) is 5.63. The summed E-state index contributed by atoms with van der Waals surface area (Å²) in [5.74, 6) is 0.613. The molecule has 1 atom stereocenters. The first-order valence-electron chi connectivity index (χ1n) is 6.81. The van der Waals surface area contributed by atoms with E-state index in [1.165, 1.54) is 22.3 Å². The fourth-order valence-corrected chi connectivity index (χ4v) is 3.34. The number of fused-ring (bicyclic) bond motifs is 1. The number of benzene rings is 2. The maximum Gasteiger partial charge on any atom is 0.115 e. The zero-order chi connectivity index (χ0) is 14.3. The van der Waals surface area contributed by atoms with Gasteiger partial charge in [-0.3, -0.25) is 0 Å². The highest BCUT2D eigenvalue weighted by Crippen LogP contribution is 2.36. The highest BCUT2D eigenvalue weighted by atomic mass is 35.5. The van der Waals surface area contributed by atoms with Crippen molar-refractivity contribution in [3.8, 4) is 5.75 Å². The largest absolute Gasteiger partial charge is 0.508 e. The van der Waals surface area contributed by atoms with Crippen LogP contribution in [0.5, 0.6) is 5.75 Å². The van der Waals surface area contributed by atoms with Gasteiger partial charge in [0.25, 0.3) is 0 Å². The predicted octanol–water partition coefficient (Wildman–Crippen LogP) is 3.93. The molecule has 0 fully saturated rings. The molecule has 2 nitrogen and oxygen atoms in total. The summed E-state index contributed by atoms with van der Waals surface area (Å²) in [6.07, 6.45) is 0. The van der Waals surface area contributed by atoms with Gasteiger partial charge in [0.2, 0.25) is 0 Å². The summed E-state index contributed by atoms with van der Waals surface area (Å²) >= 11 is 6.24. The van der Waals surface area contributed by atoms with Crippen molar-refractivity contribution in [2.24, 2.45) is 0 Å². The molecule has 1 unspecified atom stereocenters. The first-order chi connectivity index (χ1) is 9.54. The third kappa shape index (κ3) is 2.41. The van der Waals surface area contributed by atoms with Crippen LogP contribution in [0.4, 0.5) is 0 Å². The van der Waals surface area contributed by atoms with Gasteiger partial charge in [0.05, 0.1) is 0 Å². The summed E-state index contributed by atoms with van der Waals surface area (Å²) in [5, 5.41) is 10.3. The average Bonchev–Trinajstić information content (AvgIpc) is 2.40. The molecule has 0 spiro atoms. The number of aromatic hydroxyl groups is 1. The molecule has 20 heavy (non-hydrogen) atoms. The Morgan fingerprint density at radius 2 is 1.90 bits per heavy atom. The molecular weight excluding hydrogens is 270 g/mol. The van der Waals surface area contributed by atoms with E-state index in [1.54, 1.807) is 12.1 Å². The molecule has 0 aromatic heterocycles. The molecule has 0 saturated heterocycles. The summed E-state index contributed by atoms with van der Waals surface area (Å²) in [4.78, 5) is 2.33. The molecule has 0 aliphatic carbocycles. The monoisotopic (exact) mass is 287 g/mol. The molecule has 0 amide bonds. The Morgan fingerprint density at radius 3 is 2.60 bits per heavy atom. The fraction of sp³-hybridized carbons (Fsp3) is 0.294. The molecule has 3 heteroatoms. The van der Waals surface area contributed by atoms with Gasteiger partial charge in [-0.15, -0.1) is 0 Å². The molecule has 1 aliphatic heterocycles. The van der Waals surface area contributed by atoms with Crippen LogP contribution in [0.3, 0.4) is 0 Å². The maximum absolute atomic E-state index is 9.46. The van der Waals surface area contributed by atoms with Crippen molar-refractivity contribution >= 4 is 11.6 Å². The summed E-state index contributed by atoms with van der Waals surface area (Å²) < 4.78 is 0. The molecule has 104 valence electrons. The zero-order valence-corrected chi connectivity index (χ0v) is 12.5. The number of phenolic OH excluding ortho intramolecular Hbond substituents is 1. The van der Waals surface area contributed by atoms with Crippen LogP contribution in [-0.4, -0.2) is 23.6 Å². The van der Waals surface area contributed by atoms with Crippen molar-refractivity contribution in [2.45, 2.75) is 19.4 Å². The normalized spacial score (nSPS) is 18.9. The third-order valence-electron chi connectivity index (χ3n) is 4.07. The number of hydrogen-bond acceptors (Lipinski definition) is 2. The first-order valence-corrected chi connectivity index (χ1v) is 7.19. The molecule has 0 bridgehead atoms. The number of rotatable bonds is 1. The highest BCUT2D eigenvalue weighted by molar-refractivity contribution is 6.30. The zero-order valence-electron chi connectivity index (χ0n) is 11.7. The number of likely N-dealkylation sites (N-methyl/N-ethyl adjacent to an activating group) is 1. The Hall–Kier alpha value is -1.51. The Labute approximate surface area is 124 Å². The Bertz CT molecular complexity index is 636. The molecular formula is C17H18ClNO. The molecule has 2 aromatic rings. The van der Waals surface area contributed by atoms with Gasteiger partial charge in [0.15, 0.2) is 0 Å². The topological polar surface area (TPSA) is 23.5 Å². The van der Waals surface area contributed by atoms with E-state index >= 15 is 0 Å². The summed E-state index contributed by atoms with van der Waals surface area (Å²) in [7, 11) is 2.14. The van der Waals surface area contributed by atoms with Crippen molar-refractivity contribution in [3.05, 3.63) is 63.7 Å². The van der Waals surface area contributed by atoms with E-state index in [4.69, 9.17) is 11.6 Å². The van der Waals surface area contributed by atoms with E-state index in [0.29, 0.717) is 11.7 Å². The number of aryl methyl sites for hydroxylation is 1. The van der Waals surface area contributed by atoms with Crippen molar-refractivity contribution in [1.82, 2.24) is 4.90 Å².